The summed E-state index contributed by atoms with van der Waals surface area (Å²) >= 11 is 0. The third kappa shape index (κ3) is 6.43. The number of piperidine rings is 2. The lowest BCUT2D eigenvalue weighted by Gasteiger charge is -2.42. The van der Waals surface area contributed by atoms with Gasteiger partial charge >= 0.3 is 0 Å². The Morgan fingerprint density at radius 3 is 1.13 bits per heavy atom. The predicted octanol–water partition coefficient (Wildman–Crippen LogP) is 4.82. The van der Waals surface area contributed by atoms with Gasteiger partial charge < -0.3 is 19.3 Å². The fraction of sp³-hybridized carbons (Fsp3) is 1.00. The van der Waals surface area contributed by atoms with Crippen molar-refractivity contribution in [3.8, 4) is 0 Å². The van der Waals surface area contributed by atoms with Crippen molar-refractivity contribution in [2.24, 2.45) is 23.7 Å². The Balaban J connectivity index is 1.10. The lowest BCUT2D eigenvalue weighted by Crippen LogP contribution is -2.43. The van der Waals surface area contributed by atoms with Crippen molar-refractivity contribution in [3.05, 3.63) is 0 Å². The van der Waals surface area contributed by atoms with E-state index < -0.39 is 0 Å². The number of hydrogen-bond donors (Lipinski definition) is 0. The minimum absolute atomic E-state index is 0.540. The molecule has 0 bridgehead atoms. The van der Waals surface area contributed by atoms with Crippen molar-refractivity contribution >= 4 is 0 Å². The molecule has 0 amide bonds. The first-order valence-electron chi connectivity index (χ1n) is 13.2. The maximum Gasteiger partial charge on any atom is 0.0571 e. The molecule has 0 spiro atoms. The Labute approximate surface area is 186 Å². The molecule has 2 saturated heterocycles. The molecule has 30 heavy (non-hydrogen) atoms. The number of ether oxygens (including phenoxy) is 2. The average molecular weight is 421 g/mol. The Bertz CT molecular complexity index is 425. The van der Waals surface area contributed by atoms with E-state index in [4.69, 9.17) is 9.47 Å². The zero-order valence-electron chi connectivity index (χ0n) is 19.9. The normalized spacial score (nSPS) is 36.2. The van der Waals surface area contributed by atoms with Crippen molar-refractivity contribution in [2.75, 3.05) is 53.5 Å². The monoisotopic (exact) mass is 420 g/mol. The third-order valence-electron chi connectivity index (χ3n) is 9.22. The van der Waals surface area contributed by atoms with Gasteiger partial charge in [-0.25, -0.2) is 0 Å². The summed E-state index contributed by atoms with van der Waals surface area (Å²) in [7, 11) is 3.76. The number of methoxy groups -OCH3 is 2. The van der Waals surface area contributed by atoms with Gasteiger partial charge in [0.25, 0.3) is 0 Å². The molecule has 4 rings (SSSR count). The summed E-state index contributed by atoms with van der Waals surface area (Å²) in [6.07, 6.45) is 17.6. The summed E-state index contributed by atoms with van der Waals surface area (Å²) in [6, 6.07) is 0. The number of hydrogen-bond acceptors (Lipinski definition) is 4. The van der Waals surface area contributed by atoms with E-state index in [0.29, 0.717) is 12.2 Å². The molecule has 4 nitrogen and oxygen atoms in total. The fourth-order valence-electron chi connectivity index (χ4n) is 7.04. The summed E-state index contributed by atoms with van der Waals surface area (Å²) in [5, 5.41) is 0. The van der Waals surface area contributed by atoms with Crippen LogP contribution in [0.3, 0.4) is 0 Å². The topological polar surface area (TPSA) is 24.9 Å². The highest BCUT2D eigenvalue weighted by Gasteiger charge is 2.32. The SMILES string of the molecule is COC1CCC(CN2CCC(C3CCN(CC4CCC(OC)CC4)CC3)CC2)CC1. The summed E-state index contributed by atoms with van der Waals surface area (Å²) in [5.41, 5.74) is 0. The highest BCUT2D eigenvalue weighted by atomic mass is 16.5. The Hall–Kier alpha value is -0.160. The van der Waals surface area contributed by atoms with Crippen LogP contribution in [0.15, 0.2) is 0 Å². The maximum atomic E-state index is 5.55. The molecule has 0 radical (unpaired) electrons. The predicted molar refractivity (Wildman–Crippen MR) is 124 cm³/mol. The lowest BCUT2D eigenvalue weighted by atomic mass is 9.78. The van der Waals surface area contributed by atoms with Crippen molar-refractivity contribution in [1.29, 1.82) is 0 Å². The average Bonchev–Trinajstić information content (AvgIpc) is 2.81. The van der Waals surface area contributed by atoms with Crippen LogP contribution in [0, 0.1) is 23.7 Å². The summed E-state index contributed by atoms with van der Waals surface area (Å²) in [5.74, 6) is 3.86. The Morgan fingerprint density at radius 2 is 0.833 bits per heavy atom. The highest BCUT2D eigenvalue weighted by Crippen LogP contribution is 2.35. The second-order valence-corrected chi connectivity index (χ2v) is 11.0. The third-order valence-corrected chi connectivity index (χ3v) is 9.22. The molecule has 2 aliphatic carbocycles. The first-order chi connectivity index (χ1) is 14.7. The van der Waals surface area contributed by atoms with Crippen LogP contribution in [0.1, 0.15) is 77.0 Å². The second-order valence-electron chi connectivity index (χ2n) is 11.0. The molecule has 174 valence electrons. The first kappa shape index (κ1) is 23.0. The van der Waals surface area contributed by atoms with Crippen molar-refractivity contribution in [3.63, 3.8) is 0 Å². The number of likely N-dealkylation sites (tertiary alicyclic amines) is 2. The second kappa shape index (κ2) is 11.6. The van der Waals surface area contributed by atoms with Gasteiger partial charge in [0.05, 0.1) is 12.2 Å². The van der Waals surface area contributed by atoms with E-state index in [2.05, 4.69) is 9.80 Å². The zero-order valence-corrected chi connectivity index (χ0v) is 19.9. The maximum absolute atomic E-state index is 5.55. The van der Waals surface area contributed by atoms with Crippen molar-refractivity contribution in [1.82, 2.24) is 9.80 Å². The molecule has 0 N–H and O–H groups in total. The zero-order chi connectivity index (χ0) is 20.8. The lowest BCUT2D eigenvalue weighted by molar-refractivity contribution is 0.0367. The van der Waals surface area contributed by atoms with Crippen LogP contribution in [0.2, 0.25) is 0 Å². The molecule has 2 saturated carbocycles. The van der Waals surface area contributed by atoms with E-state index in [1.165, 1.54) is 116 Å². The Morgan fingerprint density at radius 1 is 0.500 bits per heavy atom. The number of rotatable bonds is 7. The molecule has 2 aliphatic heterocycles. The smallest absolute Gasteiger partial charge is 0.0571 e. The van der Waals surface area contributed by atoms with Gasteiger partial charge in [0.2, 0.25) is 0 Å². The van der Waals surface area contributed by atoms with Gasteiger partial charge in [-0.3, -0.25) is 0 Å². The van der Waals surface area contributed by atoms with E-state index in [1.54, 1.807) is 0 Å². The van der Waals surface area contributed by atoms with Crippen LogP contribution in [0.4, 0.5) is 0 Å². The van der Waals surface area contributed by atoms with Gasteiger partial charge in [0, 0.05) is 27.3 Å². The first-order valence-corrected chi connectivity index (χ1v) is 13.2. The molecule has 0 aromatic carbocycles. The molecule has 4 fully saturated rings. The van der Waals surface area contributed by atoms with Crippen molar-refractivity contribution < 1.29 is 9.47 Å². The van der Waals surface area contributed by atoms with Crippen molar-refractivity contribution in [2.45, 2.75) is 89.3 Å². The fourth-order valence-corrected chi connectivity index (χ4v) is 7.04. The van der Waals surface area contributed by atoms with Crippen LogP contribution in [0.5, 0.6) is 0 Å². The van der Waals surface area contributed by atoms with Crippen LogP contribution < -0.4 is 0 Å². The molecule has 0 aromatic rings. The van der Waals surface area contributed by atoms with E-state index in [1.807, 2.05) is 14.2 Å². The minimum Gasteiger partial charge on any atom is -0.381 e. The molecule has 0 atom stereocenters. The standard InChI is InChI=1S/C26H48N2O2/c1-29-25-7-3-21(4-8-25)19-27-15-11-23(12-16-27)24-13-17-28(18-14-24)20-22-5-9-26(30-2)10-6-22/h21-26H,3-20H2,1-2H3. The highest BCUT2D eigenvalue weighted by molar-refractivity contribution is 4.85. The molecular weight excluding hydrogens is 372 g/mol. The summed E-state index contributed by atoms with van der Waals surface area (Å²) in [6.45, 7) is 8.14. The molecule has 4 heteroatoms. The van der Waals surface area contributed by atoms with Gasteiger partial charge in [-0.2, -0.15) is 0 Å². The van der Waals surface area contributed by atoms with Crippen LogP contribution in [0.25, 0.3) is 0 Å². The van der Waals surface area contributed by atoms with Gasteiger partial charge in [-0.1, -0.05) is 0 Å². The molecular formula is C26H48N2O2. The van der Waals surface area contributed by atoms with Gasteiger partial charge in [0.15, 0.2) is 0 Å². The van der Waals surface area contributed by atoms with Gasteiger partial charge in [0.1, 0.15) is 0 Å². The minimum atomic E-state index is 0.540. The van der Waals surface area contributed by atoms with E-state index in [0.717, 1.165) is 23.7 Å². The molecule has 0 aromatic heterocycles. The van der Waals surface area contributed by atoms with Crippen LogP contribution in [-0.4, -0.2) is 75.5 Å². The molecule has 2 heterocycles. The van der Waals surface area contributed by atoms with Gasteiger partial charge in [-0.05, 0) is 127 Å². The van der Waals surface area contributed by atoms with E-state index in [9.17, 15) is 0 Å². The van der Waals surface area contributed by atoms with E-state index in [-0.39, 0.29) is 0 Å². The number of nitrogens with zero attached hydrogens (tertiary/aromatic N) is 2. The Kier molecular flexibility index (Phi) is 8.92. The van der Waals surface area contributed by atoms with Gasteiger partial charge in [-0.15, -0.1) is 0 Å². The van der Waals surface area contributed by atoms with E-state index >= 15 is 0 Å². The molecule has 4 aliphatic rings. The quantitative estimate of drug-likeness (QED) is 0.589. The summed E-state index contributed by atoms with van der Waals surface area (Å²) in [4.78, 5) is 5.58. The molecule has 0 unspecified atom stereocenters. The van der Waals surface area contributed by atoms with Crippen LogP contribution >= 0.6 is 0 Å². The largest absolute Gasteiger partial charge is 0.381 e. The summed E-state index contributed by atoms with van der Waals surface area (Å²) < 4.78 is 11.1. The van der Waals surface area contributed by atoms with Crippen LogP contribution in [-0.2, 0) is 9.47 Å².